The Labute approximate surface area is 158 Å². The van der Waals surface area contributed by atoms with E-state index < -0.39 is 0 Å². The van der Waals surface area contributed by atoms with Gasteiger partial charge in [-0.15, -0.1) is 0 Å². The summed E-state index contributed by atoms with van der Waals surface area (Å²) in [4.78, 5) is 28.0. The molecule has 0 unspecified atom stereocenters. The summed E-state index contributed by atoms with van der Waals surface area (Å²) in [6.07, 6.45) is 1.33. The van der Waals surface area contributed by atoms with Crippen LogP contribution in [0.4, 0.5) is 0 Å². The van der Waals surface area contributed by atoms with Crippen LogP contribution in [0.5, 0.6) is 0 Å². The molecule has 1 heterocycles. The van der Waals surface area contributed by atoms with E-state index in [1.807, 2.05) is 29.0 Å². The van der Waals surface area contributed by atoms with E-state index in [0.29, 0.717) is 55.7 Å². The molecular weight excluding hydrogens is 363 g/mol. The van der Waals surface area contributed by atoms with Gasteiger partial charge in [-0.2, -0.15) is 0 Å². The Morgan fingerprint density at radius 1 is 1.20 bits per heavy atom. The zero-order valence-corrected chi connectivity index (χ0v) is 16.1. The van der Waals surface area contributed by atoms with Gasteiger partial charge in [-0.05, 0) is 50.6 Å². The average Bonchev–Trinajstić information content (AvgIpc) is 2.54. The summed E-state index contributed by atoms with van der Waals surface area (Å²) in [7, 11) is 1.89. The number of hydrogen-bond donors (Lipinski definition) is 0. The van der Waals surface area contributed by atoms with Gasteiger partial charge in [0.15, 0.2) is 0 Å². The number of nitrogens with zero attached hydrogens (tertiary/aromatic N) is 2. The topological polar surface area (TPSA) is 49.9 Å². The lowest BCUT2D eigenvalue weighted by Crippen LogP contribution is -2.44. The SMILES string of the molecule is CCOC(=O)C1CCN(C(=O)CN(C)Cc2cc(Cl)cc(Cl)c2)CC1. The number of ether oxygens (including phenoxy) is 1. The van der Waals surface area contributed by atoms with E-state index in [-0.39, 0.29) is 17.8 Å². The molecule has 1 aliphatic rings. The summed E-state index contributed by atoms with van der Waals surface area (Å²) < 4.78 is 5.06. The number of benzene rings is 1. The Morgan fingerprint density at radius 2 is 1.80 bits per heavy atom. The lowest BCUT2D eigenvalue weighted by molar-refractivity contribution is -0.151. The summed E-state index contributed by atoms with van der Waals surface area (Å²) in [6, 6.07) is 5.38. The van der Waals surface area contributed by atoms with E-state index in [4.69, 9.17) is 27.9 Å². The van der Waals surface area contributed by atoms with Crippen molar-refractivity contribution in [2.45, 2.75) is 26.3 Å². The van der Waals surface area contributed by atoms with Crippen LogP contribution in [-0.2, 0) is 20.9 Å². The smallest absolute Gasteiger partial charge is 0.309 e. The van der Waals surface area contributed by atoms with Gasteiger partial charge in [-0.25, -0.2) is 0 Å². The van der Waals surface area contributed by atoms with Crippen molar-refractivity contribution < 1.29 is 14.3 Å². The minimum atomic E-state index is -0.149. The molecule has 1 aliphatic heterocycles. The highest BCUT2D eigenvalue weighted by Gasteiger charge is 2.28. The van der Waals surface area contributed by atoms with Crippen LogP contribution >= 0.6 is 23.2 Å². The Bertz CT molecular complexity index is 596. The number of rotatable bonds is 6. The molecule has 0 spiro atoms. The second-order valence-corrected chi connectivity index (χ2v) is 7.23. The van der Waals surface area contributed by atoms with Gasteiger partial charge in [0.05, 0.1) is 19.1 Å². The van der Waals surface area contributed by atoms with Crippen molar-refractivity contribution in [3.05, 3.63) is 33.8 Å². The Balaban J connectivity index is 1.81. The molecular formula is C18H24Cl2N2O3. The first-order valence-electron chi connectivity index (χ1n) is 8.47. The molecule has 0 atom stereocenters. The molecule has 0 bridgehead atoms. The van der Waals surface area contributed by atoms with E-state index in [1.54, 1.807) is 13.0 Å². The summed E-state index contributed by atoms with van der Waals surface area (Å²) in [5.41, 5.74) is 0.966. The van der Waals surface area contributed by atoms with Crippen molar-refractivity contribution in [3.63, 3.8) is 0 Å². The van der Waals surface area contributed by atoms with Crippen LogP contribution in [0.3, 0.4) is 0 Å². The van der Waals surface area contributed by atoms with Crippen molar-refractivity contribution in [2.24, 2.45) is 5.92 Å². The van der Waals surface area contributed by atoms with Gasteiger partial charge in [0.1, 0.15) is 0 Å². The molecule has 1 aromatic rings. The van der Waals surface area contributed by atoms with E-state index in [9.17, 15) is 9.59 Å². The second-order valence-electron chi connectivity index (χ2n) is 6.36. The van der Waals surface area contributed by atoms with Crippen LogP contribution in [0.25, 0.3) is 0 Å². The van der Waals surface area contributed by atoms with Crippen molar-refractivity contribution >= 4 is 35.1 Å². The summed E-state index contributed by atoms with van der Waals surface area (Å²) in [5.74, 6) is -0.169. The average molecular weight is 387 g/mol. The molecule has 0 aliphatic carbocycles. The molecule has 25 heavy (non-hydrogen) atoms. The number of halogens is 2. The standard InChI is InChI=1S/C18H24Cl2N2O3/c1-3-25-18(24)14-4-6-22(7-5-14)17(23)12-21(2)11-13-8-15(19)10-16(20)9-13/h8-10,14H,3-7,11-12H2,1-2H3. The third kappa shape index (κ3) is 6.17. The van der Waals surface area contributed by atoms with Crippen LogP contribution < -0.4 is 0 Å². The third-order valence-electron chi connectivity index (χ3n) is 4.25. The third-order valence-corrected chi connectivity index (χ3v) is 4.68. The quantitative estimate of drug-likeness (QED) is 0.704. The predicted octanol–water partition coefficient (Wildman–Crippen LogP) is 3.23. The molecule has 138 valence electrons. The number of esters is 1. The van der Waals surface area contributed by atoms with Crippen LogP contribution in [0.1, 0.15) is 25.3 Å². The highest BCUT2D eigenvalue weighted by atomic mass is 35.5. The summed E-state index contributed by atoms with van der Waals surface area (Å²) >= 11 is 12.0. The molecule has 5 nitrogen and oxygen atoms in total. The van der Waals surface area contributed by atoms with Crippen molar-refractivity contribution in [1.29, 1.82) is 0 Å². The fourth-order valence-corrected chi connectivity index (χ4v) is 3.60. The van der Waals surface area contributed by atoms with Crippen molar-refractivity contribution in [2.75, 3.05) is 33.3 Å². The lowest BCUT2D eigenvalue weighted by atomic mass is 9.97. The van der Waals surface area contributed by atoms with Gasteiger partial charge >= 0.3 is 5.97 Å². The van der Waals surface area contributed by atoms with Crippen LogP contribution in [-0.4, -0.2) is 55.0 Å². The number of likely N-dealkylation sites (N-methyl/N-ethyl adjacent to an activating group) is 1. The highest BCUT2D eigenvalue weighted by Crippen LogP contribution is 2.21. The Morgan fingerprint density at radius 3 is 2.36 bits per heavy atom. The maximum atomic E-state index is 12.5. The maximum Gasteiger partial charge on any atom is 0.309 e. The molecule has 0 aromatic heterocycles. The highest BCUT2D eigenvalue weighted by molar-refractivity contribution is 6.34. The molecule has 1 fully saturated rings. The molecule has 0 saturated carbocycles. The van der Waals surface area contributed by atoms with E-state index in [0.717, 1.165) is 5.56 Å². The van der Waals surface area contributed by atoms with E-state index in [1.165, 1.54) is 0 Å². The first-order valence-corrected chi connectivity index (χ1v) is 9.22. The monoisotopic (exact) mass is 386 g/mol. The van der Waals surface area contributed by atoms with E-state index in [2.05, 4.69) is 0 Å². The molecule has 1 saturated heterocycles. The lowest BCUT2D eigenvalue weighted by Gasteiger charge is -2.32. The first kappa shape index (κ1) is 20.0. The van der Waals surface area contributed by atoms with Gasteiger partial charge in [-0.1, -0.05) is 23.2 Å². The number of piperidine rings is 1. The molecule has 0 radical (unpaired) electrons. The number of likely N-dealkylation sites (tertiary alicyclic amines) is 1. The minimum Gasteiger partial charge on any atom is -0.466 e. The fraction of sp³-hybridized carbons (Fsp3) is 0.556. The molecule has 7 heteroatoms. The fourth-order valence-electron chi connectivity index (χ4n) is 3.03. The number of carbonyl (C=O) groups is 2. The van der Waals surface area contributed by atoms with E-state index >= 15 is 0 Å². The molecule has 2 rings (SSSR count). The Kier molecular flexibility index (Phi) is 7.54. The predicted molar refractivity (Wildman–Crippen MR) is 98.7 cm³/mol. The zero-order valence-electron chi connectivity index (χ0n) is 14.6. The van der Waals surface area contributed by atoms with Crippen LogP contribution in [0.2, 0.25) is 10.0 Å². The number of carbonyl (C=O) groups excluding carboxylic acids is 2. The van der Waals surface area contributed by atoms with Crippen LogP contribution in [0, 0.1) is 5.92 Å². The van der Waals surface area contributed by atoms with Crippen molar-refractivity contribution in [3.8, 4) is 0 Å². The van der Waals surface area contributed by atoms with Gasteiger partial charge in [-0.3, -0.25) is 14.5 Å². The summed E-state index contributed by atoms with van der Waals surface area (Å²) in [6.45, 7) is 4.30. The zero-order chi connectivity index (χ0) is 18.4. The maximum absolute atomic E-state index is 12.5. The normalized spacial score (nSPS) is 15.5. The molecule has 1 aromatic carbocycles. The first-order chi connectivity index (χ1) is 11.9. The summed E-state index contributed by atoms with van der Waals surface area (Å²) in [5, 5.41) is 1.17. The molecule has 0 N–H and O–H groups in total. The largest absolute Gasteiger partial charge is 0.466 e. The Hall–Kier alpha value is -1.30. The second kappa shape index (κ2) is 9.41. The number of amides is 1. The molecule has 1 amide bonds. The van der Waals surface area contributed by atoms with Gasteiger partial charge in [0, 0.05) is 29.7 Å². The van der Waals surface area contributed by atoms with Crippen molar-refractivity contribution in [1.82, 2.24) is 9.80 Å². The van der Waals surface area contributed by atoms with Gasteiger partial charge in [0.2, 0.25) is 5.91 Å². The number of hydrogen-bond acceptors (Lipinski definition) is 4. The van der Waals surface area contributed by atoms with Gasteiger partial charge in [0.25, 0.3) is 0 Å². The van der Waals surface area contributed by atoms with Gasteiger partial charge < -0.3 is 9.64 Å². The van der Waals surface area contributed by atoms with Crippen LogP contribution in [0.15, 0.2) is 18.2 Å². The minimum absolute atomic E-state index is 0.0675.